The molecule has 0 bridgehead atoms. The van der Waals surface area contributed by atoms with Gasteiger partial charge in [0.15, 0.2) is 0 Å². The number of nitrogens with one attached hydrogen (secondary N) is 1. The van der Waals surface area contributed by atoms with Crippen molar-refractivity contribution in [2.24, 2.45) is 0 Å². The third-order valence-electron chi connectivity index (χ3n) is 3.59. The Bertz CT molecular complexity index is 381. The zero-order valence-electron chi connectivity index (χ0n) is 11.9. The van der Waals surface area contributed by atoms with Gasteiger partial charge in [-0.2, -0.15) is 0 Å². The third kappa shape index (κ3) is 3.77. The lowest BCUT2D eigenvalue weighted by atomic mass is 9.88. The zero-order chi connectivity index (χ0) is 13.0. The van der Waals surface area contributed by atoms with Crippen molar-refractivity contribution in [3.8, 4) is 0 Å². The maximum atomic E-state index is 4.76. The quantitative estimate of drug-likeness (QED) is 0.887. The summed E-state index contributed by atoms with van der Waals surface area (Å²) in [6, 6.07) is 2.60. The van der Waals surface area contributed by atoms with E-state index in [1.165, 1.54) is 32.1 Å². The van der Waals surface area contributed by atoms with E-state index in [-0.39, 0.29) is 0 Å². The Morgan fingerprint density at radius 3 is 2.61 bits per heavy atom. The number of hydrogen-bond acceptors (Lipinski definition) is 3. The summed E-state index contributed by atoms with van der Waals surface area (Å²) in [6.07, 6.45) is 6.58. The highest BCUT2D eigenvalue weighted by atomic mass is 15.0. The lowest BCUT2D eigenvalue weighted by molar-refractivity contribution is 0.426. The van der Waals surface area contributed by atoms with Gasteiger partial charge in [-0.15, -0.1) is 0 Å². The van der Waals surface area contributed by atoms with Gasteiger partial charge in [0, 0.05) is 24.2 Å². The van der Waals surface area contributed by atoms with Crippen LogP contribution in [0, 0.1) is 6.92 Å². The SMILES string of the molecule is Cc1cc(CNC(C)C)nc(C2CCCCC2)n1. The van der Waals surface area contributed by atoms with Gasteiger partial charge in [0.05, 0.1) is 5.69 Å². The van der Waals surface area contributed by atoms with Crippen LogP contribution >= 0.6 is 0 Å². The molecule has 0 amide bonds. The summed E-state index contributed by atoms with van der Waals surface area (Å²) in [7, 11) is 0. The first-order valence-corrected chi connectivity index (χ1v) is 7.23. The van der Waals surface area contributed by atoms with Crippen molar-refractivity contribution in [3.05, 3.63) is 23.3 Å². The molecule has 1 aromatic heterocycles. The Morgan fingerprint density at radius 1 is 1.22 bits per heavy atom. The molecule has 0 saturated heterocycles. The highest BCUT2D eigenvalue weighted by Crippen LogP contribution is 2.30. The van der Waals surface area contributed by atoms with E-state index in [1.54, 1.807) is 0 Å². The Labute approximate surface area is 110 Å². The van der Waals surface area contributed by atoms with Crippen molar-refractivity contribution in [1.82, 2.24) is 15.3 Å². The van der Waals surface area contributed by atoms with Crippen LogP contribution in [0.4, 0.5) is 0 Å². The number of rotatable bonds is 4. The summed E-state index contributed by atoms with van der Waals surface area (Å²) >= 11 is 0. The Balaban J connectivity index is 2.09. The van der Waals surface area contributed by atoms with Crippen molar-refractivity contribution >= 4 is 0 Å². The summed E-state index contributed by atoms with van der Waals surface area (Å²) in [6.45, 7) is 7.25. The van der Waals surface area contributed by atoms with Crippen LogP contribution in [-0.4, -0.2) is 16.0 Å². The maximum absolute atomic E-state index is 4.76. The molecule has 3 nitrogen and oxygen atoms in total. The van der Waals surface area contributed by atoms with E-state index in [1.807, 2.05) is 0 Å². The van der Waals surface area contributed by atoms with Gasteiger partial charge in [-0.3, -0.25) is 0 Å². The lowest BCUT2D eigenvalue weighted by Crippen LogP contribution is -2.23. The monoisotopic (exact) mass is 247 g/mol. The third-order valence-corrected chi connectivity index (χ3v) is 3.59. The largest absolute Gasteiger partial charge is 0.309 e. The van der Waals surface area contributed by atoms with E-state index in [4.69, 9.17) is 4.98 Å². The standard InChI is InChI=1S/C15H25N3/c1-11(2)16-10-14-9-12(3)17-15(18-14)13-7-5-4-6-8-13/h9,11,13,16H,4-8,10H2,1-3H3. The van der Waals surface area contributed by atoms with Crippen LogP contribution in [0.25, 0.3) is 0 Å². The molecule has 0 spiro atoms. The molecule has 1 fully saturated rings. The van der Waals surface area contributed by atoms with E-state index in [0.717, 1.165) is 23.8 Å². The summed E-state index contributed by atoms with van der Waals surface area (Å²) in [5, 5.41) is 3.43. The first kappa shape index (κ1) is 13.5. The molecular formula is C15H25N3. The second-order valence-corrected chi connectivity index (χ2v) is 5.73. The minimum atomic E-state index is 0.499. The predicted molar refractivity (Wildman–Crippen MR) is 74.6 cm³/mol. The molecule has 1 aliphatic rings. The fraction of sp³-hybridized carbons (Fsp3) is 0.733. The number of hydrogen-bond donors (Lipinski definition) is 1. The van der Waals surface area contributed by atoms with Crippen molar-refractivity contribution in [3.63, 3.8) is 0 Å². The minimum Gasteiger partial charge on any atom is -0.309 e. The van der Waals surface area contributed by atoms with Crippen LogP contribution in [0.5, 0.6) is 0 Å². The van der Waals surface area contributed by atoms with Gasteiger partial charge in [-0.25, -0.2) is 9.97 Å². The molecule has 2 rings (SSSR count). The topological polar surface area (TPSA) is 37.8 Å². The van der Waals surface area contributed by atoms with Gasteiger partial charge in [-0.05, 0) is 25.8 Å². The first-order chi connectivity index (χ1) is 8.65. The predicted octanol–water partition coefficient (Wildman–Crippen LogP) is 3.33. The fourth-order valence-corrected chi connectivity index (χ4v) is 2.60. The second-order valence-electron chi connectivity index (χ2n) is 5.73. The van der Waals surface area contributed by atoms with E-state index in [9.17, 15) is 0 Å². The molecule has 3 heteroatoms. The van der Waals surface area contributed by atoms with E-state index >= 15 is 0 Å². The molecular weight excluding hydrogens is 222 g/mol. The van der Waals surface area contributed by atoms with Gasteiger partial charge in [0.25, 0.3) is 0 Å². The Hall–Kier alpha value is -0.960. The van der Waals surface area contributed by atoms with Gasteiger partial charge in [-0.1, -0.05) is 33.1 Å². The van der Waals surface area contributed by atoms with Gasteiger partial charge in [0.2, 0.25) is 0 Å². The van der Waals surface area contributed by atoms with E-state index < -0.39 is 0 Å². The molecule has 1 N–H and O–H groups in total. The first-order valence-electron chi connectivity index (χ1n) is 7.23. The Morgan fingerprint density at radius 2 is 1.94 bits per heavy atom. The van der Waals surface area contributed by atoms with Crippen LogP contribution in [0.1, 0.15) is 69.1 Å². The van der Waals surface area contributed by atoms with Crippen LogP contribution in [0.2, 0.25) is 0 Å². The molecule has 100 valence electrons. The van der Waals surface area contributed by atoms with Crippen molar-refractivity contribution in [2.45, 2.75) is 71.4 Å². The van der Waals surface area contributed by atoms with Gasteiger partial charge < -0.3 is 5.32 Å². The molecule has 1 saturated carbocycles. The summed E-state index contributed by atoms with van der Waals surface area (Å²) in [5.41, 5.74) is 2.24. The fourth-order valence-electron chi connectivity index (χ4n) is 2.60. The zero-order valence-corrected chi connectivity index (χ0v) is 11.9. The molecule has 1 aliphatic carbocycles. The molecule has 0 atom stereocenters. The molecule has 18 heavy (non-hydrogen) atoms. The second kappa shape index (κ2) is 6.28. The molecule has 1 aromatic rings. The Kier molecular flexibility index (Phi) is 4.70. The van der Waals surface area contributed by atoms with E-state index in [2.05, 4.69) is 37.1 Å². The van der Waals surface area contributed by atoms with Crippen LogP contribution < -0.4 is 5.32 Å². The van der Waals surface area contributed by atoms with Crippen molar-refractivity contribution < 1.29 is 0 Å². The maximum Gasteiger partial charge on any atom is 0.131 e. The van der Waals surface area contributed by atoms with Crippen molar-refractivity contribution in [2.75, 3.05) is 0 Å². The van der Waals surface area contributed by atoms with Crippen LogP contribution in [0.15, 0.2) is 6.07 Å². The summed E-state index contributed by atoms with van der Waals surface area (Å²) in [5.74, 6) is 1.67. The van der Waals surface area contributed by atoms with Crippen LogP contribution in [0.3, 0.4) is 0 Å². The number of aryl methyl sites for hydroxylation is 1. The van der Waals surface area contributed by atoms with Crippen molar-refractivity contribution in [1.29, 1.82) is 0 Å². The smallest absolute Gasteiger partial charge is 0.131 e. The molecule has 0 radical (unpaired) electrons. The van der Waals surface area contributed by atoms with E-state index in [0.29, 0.717) is 12.0 Å². The lowest BCUT2D eigenvalue weighted by Gasteiger charge is -2.21. The normalized spacial score (nSPS) is 17.3. The highest BCUT2D eigenvalue weighted by molar-refractivity contribution is 5.12. The molecule has 0 aromatic carbocycles. The molecule has 0 unspecified atom stereocenters. The minimum absolute atomic E-state index is 0.499. The number of aromatic nitrogens is 2. The average Bonchev–Trinajstić information content (AvgIpc) is 2.37. The van der Waals surface area contributed by atoms with Crippen LogP contribution in [-0.2, 0) is 6.54 Å². The molecule has 0 aliphatic heterocycles. The number of nitrogens with zero attached hydrogens (tertiary/aromatic N) is 2. The summed E-state index contributed by atoms with van der Waals surface area (Å²) < 4.78 is 0. The molecule has 1 heterocycles. The van der Waals surface area contributed by atoms with Gasteiger partial charge in [0.1, 0.15) is 5.82 Å². The average molecular weight is 247 g/mol. The summed E-state index contributed by atoms with van der Waals surface area (Å²) in [4.78, 5) is 9.40. The highest BCUT2D eigenvalue weighted by Gasteiger charge is 2.18. The van der Waals surface area contributed by atoms with Gasteiger partial charge >= 0.3 is 0 Å².